The van der Waals surface area contributed by atoms with Gasteiger partial charge in [0.15, 0.2) is 0 Å². The van der Waals surface area contributed by atoms with Crippen LogP contribution in [0.5, 0.6) is 0 Å². The number of rotatable bonds is 8. The lowest BCUT2D eigenvalue weighted by Gasteiger charge is -2.27. The number of hydrogen-bond acceptors (Lipinski definition) is 5. The van der Waals surface area contributed by atoms with E-state index in [9.17, 15) is 14.9 Å². The second kappa shape index (κ2) is 11.5. The molecule has 0 aliphatic carbocycles. The van der Waals surface area contributed by atoms with Gasteiger partial charge in [-0.2, -0.15) is 10.4 Å². The fraction of sp³-hybridized carbons (Fsp3) is 0.241. The van der Waals surface area contributed by atoms with E-state index < -0.39 is 11.8 Å². The summed E-state index contributed by atoms with van der Waals surface area (Å²) in [5, 5.41) is 14.5. The molecule has 2 aromatic carbocycles. The first-order valence-corrected chi connectivity index (χ1v) is 12.8. The standard InChI is InChI=1S/C29H27BrN4O3/c1-19(2)37-15-7-14-33-28(35)25(20(3)26(17-31)29(33)36)16-22-18-34(24-8-5-4-6-9-24)32-27(22)21-10-12-23(30)13-11-21/h4-6,8-13,16,18-19H,7,14-15H2,1-3H3/b25-16+. The average Bonchev–Trinajstić information content (AvgIpc) is 3.31. The summed E-state index contributed by atoms with van der Waals surface area (Å²) in [6, 6.07) is 19.4. The maximum atomic E-state index is 13.5. The largest absolute Gasteiger partial charge is 0.379 e. The lowest BCUT2D eigenvalue weighted by Crippen LogP contribution is -2.43. The van der Waals surface area contributed by atoms with Gasteiger partial charge in [-0.05, 0) is 63.1 Å². The minimum atomic E-state index is -0.570. The Morgan fingerprint density at radius 1 is 1.08 bits per heavy atom. The molecule has 1 aromatic heterocycles. The Hall–Kier alpha value is -3.80. The van der Waals surface area contributed by atoms with Crippen LogP contribution >= 0.6 is 15.9 Å². The summed E-state index contributed by atoms with van der Waals surface area (Å²) in [5.74, 6) is -1.000. The van der Waals surface area contributed by atoms with Gasteiger partial charge >= 0.3 is 0 Å². The zero-order valence-corrected chi connectivity index (χ0v) is 22.5. The van der Waals surface area contributed by atoms with E-state index in [-0.39, 0.29) is 18.2 Å². The van der Waals surface area contributed by atoms with Gasteiger partial charge in [0, 0.05) is 40.5 Å². The summed E-state index contributed by atoms with van der Waals surface area (Å²) in [5.41, 5.74) is 3.74. The van der Waals surface area contributed by atoms with Gasteiger partial charge in [0.2, 0.25) is 0 Å². The number of aromatic nitrogens is 2. The highest BCUT2D eigenvalue weighted by Crippen LogP contribution is 2.31. The summed E-state index contributed by atoms with van der Waals surface area (Å²) in [4.78, 5) is 27.6. The summed E-state index contributed by atoms with van der Waals surface area (Å²) in [6.07, 6.45) is 4.11. The molecule has 188 valence electrons. The molecule has 2 heterocycles. The van der Waals surface area contributed by atoms with Crippen molar-refractivity contribution in [3.05, 3.63) is 87.5 Å². The van der Waals surface area contributed by atoms with Crippen molar-refractivity contribution < 1.29 is 14.3 Å². The van der Waals surface area contributed by atoms with Crippen LogP contribution in [0.15, 0.2) is 82.0 Å². The first-order valence-electron chi connectivity index (χ1n) is 12.0. The van der Waals surface area contributed by atoms with E-state index in [4.69, 9.17) is 9.84 Å². The highest BCUT2D eigenvalue weighted by molar-refractivity contribution is 9.10. The molecule has 1 aliphatic rings. The molecule has 7 nitrogen and oxygen atoms in total. The smallest absolute Gasteiger partial charge is 0.271 e. The molecule has 1 aliphatic heterocycles. The van der Waals surface area contributed by atoms with Crippen LogP contribution in [-0.2, 0) is 14.3 Å². The molecule has 0 atom stereocenters. The monoisotopic (exact) mass is 558 g/mol. The van der Waals surface area contributed by atoms with Gasteiger partial charge in [-0.1, -0.05) is 46.3 Å². The van der Waals surface area contributed by atoms with Crippen LogP contribution in [0, 0.1) is 11.3 Å². The van der Waals surface area contributed by atoms with Crippen LogP contribution < -0.4 is 0 Å². The van der Waals surface area contributed by atoms with Crippen molar-refractivity contribution in [1.82, 2.24) is 14.7 Å². The van der Waals surface area contributed by atoms with Gasteiger partial charge < -0.3 is 4.74 Å². The van der Waals surface area contributed by atoms with E-state index in [2.05, 4.69) is 15.9 Å². The lowest BCUT2D eigenvalue weighted by molar-refractivity contribution is -0.140. The van der Waals surface area contributed by atoms with E-state index >= 15 is 0 Å². The fourth-order valence-corrected chi connectivity index (χ4v) is 4.33. The van der Waals surface area contributed by atoms with Crippen LogP contribution in [0.3, 0.4) is 0 Å². The molecule has 0 spiro atoms. The van der Waals surface area contributed by atoms with Gasteiger partial charge in [0.25, 0.3) is 11.8 Å². The van der Waals surface area contributed by atoms with Crippen LogP contribution in [0.25, 0.3) is 23.0 Å². The van der Waals surface area contributed by atoms with E-state index in [0.717, 1.165) is 20.6 Å². The third kappa shape index (κ3) is 5.79. The summed E-state index contributed by atoms with van der Waals surface area (Å²) < 4.78 is 8.26. The number of ether oxygens (including phenoxy) is 1. The molecule has 0 bridgehead atoms. The highest BCUT2D eigenvalue weighted by Gasteiger charge is 2.35. The number of carbonyl (C=O) groups excluding carboxylic acids is 2. The minimum absolute atomic E-state index is 0.0312. The van der Waals surface area contributed by atoms with Crippen molar-refractivity contribution in [1.29, 1.82) is 5.26 Å². The van der Waals surface area contributed by atoms with Gasteiger partial charge in [-0.3, -0.25) is 14.5 Å². The molecule has 0 saturated carbocycles. The Balaban J connectivity index is 1.79. The van der Waals surface area contributed by atoms with Crippen molar-refractivity contribution in [3.8, 4) is 23.0 Å². The molecule has 2 amide bonds. The molecule has 3 aromatic rings. The highest BCUT2D eigenvalue weighted by atomic mass is 79.9. The van der Waals surface area contributed by atoms with Crippen LogP contribution in [0.1, 0.15) is 32.8 Å². The zero-order valence-electron chi connectivity index (χ0n) is 20.9. The first-order chi connectivity index (χ1) is 17.8. The van der Waals surface area contributed by atoms with Crippen LogP contribution in [0.2, 0.25) is 0 Å². The predicted molar refractivity (Wildman–Crippen MR) is 145 cm³/mol. The average molecular weight is 559 g/mol. The van der Waals surface area contributed by atoms with Crippen LogP contribution in [-0.4, -0.2) is 45.8 Å². The molecule has 0 unspecified atom stereocenters. The normalized spacial score (nSPS) is 15.1. The molecule has 37 heavy (non-hydrogen) atoms. The number of benzene rings is 2. The number of hydrogen-bond donors (Lipinski definition) is 0. The fourth-order valence-electron chi connectivity index (χ4n) is 4.07. The second-order valence-electron chi connectivity index (χ2n) is 8.92. The lowest BCUT2D eigenvalue weighted by atomic mass is 9.93. The number of imide groups is 1. The summed E-state index contributed by atoms with van der Waals surface area (Å²) in [6.45, 7) is 6.08. The van der Waals surface area contributed by atoms with Crippen molar-refractivity contribution in [3.63, 3.8) is 0 Å². The molecule has 0 saturated heterocycles. The Labute approximate surface area is 224 Å². The van der Waals surface area contributed by atoms with Crippen LogP contribution in [0.4, 0.5) is 0 Å². The molecular weight excluding hydrogens is 532 g/mol. The maximum absolute atomic E-state index is 13.5. The number of halogens is 1. The van der Waals surface area contributed by atoms with Gasteiger partial charge in [-0.15, -0.1) is 0 Å². The Kier molecular flexibility index (Phi) is 8.17. The van der Waals surface area contributed by atoms with Gasteiger partial charge in [0.05, 0.1) is 17.5 Å². The predicted octanol–water partition coefficient (Wildman–Crippen LogP) is 5.71. The number of carbonyl (C=O) groups is 2. The number of nitrogens with zero attached hydrogens (tertiary/aromatic N) is 4. The van der Waals surface area contributed by atoms with E-state index in [1.54, 1.807) is 17.7 Å². The second-order valence-corrected chi connectivity index (χ2v) is 9.84. The molecule has 0 fully saturated rings. The number of nitriles is 1. The molecule has 8 heteroatoms. The van der Waals surface area contributed by atoms with Crippen molar-refractivity contribution in [2.75, 3.05) is 13.2 Å². The minimum Gasteiger partial charge on any atom is -0.379 e. The number of amides is 2. The van der Waals surface area contributed by atoms with E-state index in [1.807, 2.05) is 80.7 Å². The quantitative estimate of drug-likeness (QED) is 0.201. The van der Waals surface area contributed by atoms with Crippen molar-refractivity contribution >= 4 is 33.8 Å². The topological polar surface area (TPSA) is 88.2 Å². The molecule has 0 N–H and O–H groups in total. The molecule has 4 rings (SSSR count). The van der Waals surface area contributed by atoms with Crippen molar-refractivity contribution in [2.24, 2.45) is 0 Å². The number of para-hydroxylation sites is 1. The van der Waals surface area contributed by atoms with E-state index in [1.165, 1.54) is 0 Å². The summed E-state index contributed by atoms with van der Waals surface area (Å²) in [7, 11) is 0. The SMILES string of the molecule is CC1=C(C#N)C(=O)N(CCCOC(C)C)C(=O)/C1=C/c1cn(-c2ccccc2)nc1-c1ccc(Br)cc1. The Morgan fingerprint density at radius 2 is 1.78 bits per heavy atom. The molecular formula is C29H27BrN4O3. The van der Waals surface area contributed by atoms with Gasteiger partial charge in [-0.25, -0.2) is 4.68 Å². The Morgan fingerprint density at radius 3 is 2.43 bits per heavy atom. The van der Waals surface area contributed by atoms with Gasteiger partial charge in [0.1, 0.15) is 11.6 Å². The third-order valence-corrected chi connectivity index (χ3v) is 6.51. The third-order valence-electron chi connectivity index (χ3n) is 5.98. The first kappa shape index (κ1) is 26.3. The van der Waals surface area contributed by atoms with Crippen molar-refractivity contribution in [2.45, 2.75) is 33.3 Å². The Bertz CT molecular complexity index is 1410. The maximum Gasteiger partial charge on any atom is 0.271 e. The zero-order chi connectivity index (χ0) is 26.5. The summed E-state index contributed by atoms with van der Waals surface area (Å²) >= 11 is 3.47. The molecule has 0 radical (unpaired) electrons. The van der Waals surface area contributed by atoms with E-state index in [0.29, 0.717) is 35.4 Å².